The van der Waals surface area contributed by atoms with Gasteiger partial charge in [-0.25, -0.2) is 0 Å². The molecule has 6 unspecified atom stereocenters. The quantitative estimate of drug-likeness (QED) is 0.713. The van der Waals surface area contributed by atoms with Crippen molar-refractivity contribution in [2.45, 2.75) is 71.8 Å². The maximum Gasteiger partial charge on any atom is 0.0326 e. The Bertz CT molecular complexity index is 682. The van der Waals surface area contributed by atoms with Gasteiger partial charge < -0.3 is 10.6 Å². The fourth-order valence-electron chi connectivity index (χ4n) is 7.36. The van der Waals surface area contributed by atoms with Crippen molar-refractivity contribution in [2.24, 2.45) is 23.2 Å². The molecule has 0 aromatic heterocycles. The van der Waals surface area contributed by atoms with Crippen molar-refractivity contribution in [3.05, 3.63) is 35.4 Å². The molecule has 5 rings (SSSR count). The van der Waals surface area contributed by atoms with Gasteiger partial charge in [-0.15, -0.1) is 0 Å². The molecule has 1 aliphatic heterocycles. The molecule has 3 aliphatic carbocycles. The number of nitrogens with one attached hydrogen (secondary N) is 2. The molecule has 3 heteroatoms. The van der Waals surface area contributed by atoms with Gasteiger partial charge >= 0.3 is 0 Å². The summed E-state index contributed by atoms with van der Waals surface area (Å²) in [6.07, 6.45) is 7.12. The minimum Gasteiger partial charge on any atom is -0.314 e. The van der Waals surface area contributed by atoms with Gasteiger partial charge in [0.15, 0.2) is 0 Å². The molecule has 6 atom stereocenters. The average molecular weight is 412 g/mol. The Hall–Kier alpha value is -0.900. The van der Waals surface area contributed by atoms with Crippen LogP contribution in [0.4, 0.5) is 0 Å². The van der Waals surface area contributed by atoms with Gasteiger partial charge in [0.25, 0.3) is 0 Å². The molecule has 3 fully saturated rings. The zero-order valence-electron chi connectivity index (χ0n) is 19.9. The molecule has 3 nitrogen and oxygen atoms in total. The molecular weight excluding hydrogens is 366 g/mol. The molecule has 2 saturated carbocycles. The van der Waals surface area contributed by atoms with Crippen molar-refractivity contribution in [3.8, 4) is 0 Å². The van der Waals surface area contributed by atoms with Crippen LogP contribution in [0.3, 0.4) is 0 Å². The summed E-state index contributed by atoms with van der Waals surface area (Å²) in [6.45, 7) is 16.2. The number of hydrogen-bond acceptors (Lipinski definition) is 3. The molecular formula is C27H45N3. The van der Waals surface area contributed by atoms with Gasteiger partial charge in [-0.05, 0) is 72.3 Å². The Balaban J connectivity index is 0.00000106. The van der Waals surface area contributed by atoms with E-state index < -0.39 is 0 Å². The zero-order valence-corrected chi connectivity index (χ0v) is 19.9. The molecule has 1 aromatic carbocycles. The van der Waals surface area contributed by atoms with E-state index in [-0.39, 0.29) is 0 Å². The van der Waals surface area contributed by atoms with Crippen LogP contribution in [0, 0.1) is 23.2 Å². The normalized spacial score (nSPS) is 38.1. The van der Waals surface area contributed by atoms with Gasteiger partial charge in [0.1, 0.15) is 0 Å². The van der Waals surface area contributed by atoms with Gasteiger partial charge in [0, 0.05) is 45.3 Å². The van der Waals surface area contributed by atoms with Crippen molar-refractivity contribution in [1.82, 2.24) is 15.5 Å². The lowest BCUT2D eigenvalue weighted by Gasteiger charge is -2.52. The summed E-state index contributed by atoms with van der Waals surface area (Å²) >= 11 is 0. The molecule has 0 spiro atoms. The molecule has 0 amide bonds. The molecule has 0 bridgehead atoms. The summed E-state index contributed by atoms with van der Waals surface area (Å²) in [4.78, 5) is 2.61. The fraction of sp³-hybridized carbons (Fsp3) is 0.778. The fourth-order valence-corrected chi connectivity index (χ4v) is 7.36. The van der Waals surface area contributed by atoms with Crippen LogP contribution in [-0.2, 0) is 0 Å². The van der Waals surface area contributed by atoms with Crippen LogP contribution in [-0.4, -0.2) is 44.2 Å². The first-order valence-electron chi connectivity index (χ1n) is 12.9. The molecule has 0 radical (unpaired) electrons. The number of benzene rings is 1. The second-order valence-corrected chi connectivity index (χ2v) is 10.4. The lowest BCUT2D eigenvalue weighted by atomic mass is 9.54. The highest BCUT2D eigenvalue weighted by Crippen LogP contribution is 2.63. The molecule has 1 heterocycles. The first-order valence-corrected chi connectivity index (χ1v) is 12.9. The van der Waals surface area contributed by atoms with Gasteiger partial charge in [-0.2, -0.15) is 0 Å². The van der Waals surface area contributed by atoms with Crippen molar-refractivity contribution in [2.75, 3.05) is 39.3 Å². The predicted octanol–water partition coefficient (Wildman–Crippen LogP) is 5.20. The highest BCUT2D eigenvalue weighted by atomic mass is 15.2. The second-order valence-electron chi connectivity index (χ2n) is 10.4. The third kappa shape index (κ3) is 4.10. The Morgan fingerprint density at radius 3 is 2.57 bits per heavy atom. The highest BCUT2D eigenvalue weighted by molar-refractivity contribution is 5.37. The van der Waals surface area contributed by atoms with Crippen LogP contribution in [0.15, 0.2) is 24.3 Å². The topological polar surface area (TPSA) is 27.3 Å². The zero-order chi connectivity index (χ0) is 21.1. The van der Waals surface area contributed by atoms with Crippen molar-refractivity contribution < 1.29 is 0 Å². The smallest absolute Gasteiger partial charge is 0.0326 e. The van der Waals surface area contributed by atoms with Crippen LogP contribution in [0.25, 0.3) is 0 Å². The SMILES string of the molecule is CC.CC1CCC2C3CC(NCCN4CCNCC4)c4ccccc4C3CCC12C. The van der Waals surface area contributed by atoms with E-state index in [9.17, 15) is 0 Å². The molecule has 1 saturated heterocycles. The standard InChI is InChI=1S/C25H39N3.C2H6/c1-18-7-8-23-22-17-24(27-13-16-28-14-11-26-12-15-28)21-6-4-3-5-19(21)20(22)9-10-25(18,23)2;1-2/h3-6,18,20,22-24,26-27H,7-17H2,1-2H3;1-2H3. The van der Waals surface area contributed by atoms with Crippen LogP contribution in [0.2, 0.25) is 0 Å². The summed E-state index contributed by atoms with van der Waals surface area (Å²) < 4.78 is 0. The number of rotatable bonds is 4. The summed E-state index contributed by atoms with van der Waals surface area (Å²) in [5, 5.41) is 7.46. The second kappa shape index (κ2) is 9.71. The Morgan fingerprint density at radius 2 is 1.80 bits per heavy atom. The number of piperazine rings is 1. The van der Waals surface area contributed by atoms with Crippen molar-refractivity contribution in [3.63, 3.8) is 0 Å². The van der Waals surface area contributed by atoms with Gasteiger partial charge in [-0.1, -0.05) is 52.0 Å². The monoisotopic (exact) mass is 411 g/mol. The Labute approximate surface area is 185 Å². The summed E-state index contributed by atoms with van der Waals surface area (Å²) in [5.41, 5.74) is 3.89. The van der Waals surface area contributed by atoms with E-state index in [1.807, 2.05) is 13.8 Å². The van der Waals surface area contributed by atoms with Crippen LogP contribution >= 0.6 is 0 Å². The largest absolute Gasteiger partial charge is 0.314 e. The lowest BCUT2D eigenvalue weighted by Crippen LogP contribution is -2.47. The van der Waals surface area contributed by atoms with E-state index in [2.05, 4.69) is 53.6 Å². The van der Waals surface area contributed by atoms with Gasteiger partial charge in [0.2, 0.25) is 0 Å². The van der Waals surface area contributed by atoms with Gasteiger partial charge in [-0.3, -0.25) is 4.90 Å². The Morgan fingerprint density at radius 1 is 1.07 bits per heavy atom. The first-order chi connectivity index (χ1) is 14.7. The van der Waals surface area contributed by atoms with Crippen LogP contribution in [0.5, 0.6) is 0 Å². The highest BCUT2D eigenvalue weighted by Gasteiger charge is 2.54. The minimum absolute atomic E-state index is 0.554. The van der Waals surface area contributed by atoms with E-state index in [0.29, 0.717) is 11.5 Å². The van der Waals surface area contributed by atoms with Crippen LogP contribution < -0.4 is 10.6 Å². The molecule has 2 N–H and O–H groups in total. The first kappa shape index (κ1) is 22.3. The average Bonchev–Trinajstić information content (AvgIpc) is 3.10. The third-order valence-corrected chi connectivity index (χ3v) is 9.22. The minimum atomic E-state index is 0.554. The summed E-state index contributed by atoms with van der Waals surface area (Å²) in [7, 11) is 0. The van der Waals surface area contributed by atoms with Crippen molar-refractivity contribution in [1.29, 1.82) is 0 Å². The van der Waals surface area contributed by atoms with Crippen LogP contribution in [0.1, 0.15) is 82.9 Å². The van der Waals surface area contributed by atoms with E-state index >= 15 is 0 Å². The summed E-state index contributed by atoms with van der Waals surface area (Å²) in [5.74, 6) is 3.54. The molecule has 168 valence electrons. The molecule has 4 aliphatic rings. The van der Waals surface area contributed by atoms with E-state index in [1.54, 1.807) is 11.1 Å². The molecule has 1 aromatic rings. The van der Waals surface area contributed by atoms with Gasteiger partial charge in [0.05, 0.1) is 0 Å². The molecule has 30 heavy (non-hydrogen) atoms. The number of nitrogens with zero attached hydrogens (tertiary/aromatic N) is 1. The summed E-state index contributed by atoms with van der Waals surface area (Å²) in [6, 6.07) is 9.97. The number of hydrogen-bond donors (Lipinski definition) is 2. The maximum atomic E-state index is 4.00. The predicted molar refractivity (Wildman–Crippen MR) is 128 cm³/mol. The number of fused-ring (bicyclic) bond motifs is 5. The van der Waals surface area contributed by atoms with E-state index in [4.69, 9.17) is 0 Å². The van der Waals surface area contributed by atoms with E-state index in [0.717, 1.165) is 43.3 Å². The maximum absolute atomic E-state index is 4.00. The van der Waals surface area contributed by atoms with E-state index in [1.165, 1.54) is 51.7 Å². The Kier molecular flexibility index (Phi) is 7.22. The van der Waals surface area contributed by atoms with Crippen molar-refractivity contribution >= 4 is 0 Å². The third-order valence-electron chi connectivity index (χ3n) is 9.22. The lowest BCUT2D eigenvalue weighted by molar-refractivity contribution is 0.0265.